The van der Waals surface area contributed by atoms with Crippen molar-refractivity contribution in [1.82, 2.24) is 0 Å². The maximum atomic E-state index is 5.28. The molecule has 12 heavy (non-hydrogen) atoms. The first-order valence-electron chi connectivity index (χ1n) is 4.40. The molecule has 1 nitrogen and oxygen atoms in total. The minimum Gasteiger partial charge on any atom is -0.377 e. The van der Waals surface area contributed by atoms with Crippen molar-refractivity contribution in [1.29, 1.82) is 0 Å². The third-order valence-electron chi connectivity index (χ3n) is 2.23. The first kappa shape index (κ1) is 9.27. The first-order valence-corrected chi connectivity index (χ1v) is 4.40. The van der Waals surface area contributed by atoms with E-state index in [4.69, 9.17) is 4.74 Å². The summed E-state index contributed by atoms with van der Waals surface area (Å²) in [6, 6.07) is 8.42. The largest absolute Gasteiger partial charge is 0.377 e. The van der Waals surface area contributed by atoms with Crippen LogP contribution in [0.1, 0.15) is 31.1 Å². The van der Waals surface area contributed by atoms with E-state index in [1.54, 1.807) is 7.11 Å². The molecule has 1 atom stereocenters. The second-order valence-electron chi connectivity index (χ2n) is 2.93. The Bertz CT molecular complexity index is 243. The molecular formula is C11H16O. The zero-order chi connectivity index (χ0) is 8.97. The van der Waals surface area contributed by atoms with Gasteiger partial charge in [-0.25, -0.2) is 0 Å². The summed E-state index contributed by atoms with van der Waals surface area (Å²) in [6.07, 6.45) is 1.28. The van der Waals surface area contributed by atoms with Gasteiger partial charge in [-0.2, -0.15) is 0 Å². The lowest BCUT2D eigenvalue weighted by Crippen LogP contribution is -1.99. The predicted molar refractivity (Wildman–Crippen MR) is 51.2 cm³/mol. The van der Waals surface area contributed by atoms with Crippen LogP contribution in [0.4, 0.5) is 0 Å². The molecule has 0 aliphatic rings. The lowest BCUT2D eigenvalue weighted by atomic mass is 10.0. The average Bonchev–Trinajstić information content (AvgIpc) is 2.16. The molecule has 0 aliphatic heterocycles. The molecule has 0 spiro atoms. The van der Waals surface area contributed by atoms with E-state index < -0.39 is 0 Å². The molecule has 0 aromatic heterocycles. The highest BCUT2D eigenvalue weighted by Crippen LogP contribution is 2.20. The maximum Gasteiger partial charge on any atom is 0.0795 e. The second kappa shape index (κ2) is 4.27. The number of methoxy groups -OCH3 is 1. The highest BCUT2D eigenvalue weighted by atomic mass is 16.5. The average molecular weight is 164 g/mol. The zero-order valence-corrected chi connectivity index (χ0v) is 8.00. The SMILES string of the molecule is CCc1ccccc1C(C)OC. The van der Waals surface area contributed by atoms with Crippen LogP contribution < -0.4 is 0 Å². The van der Waals surface area contributed by atoms with Crippen molar-refractivity contribution in [3.63, 3.8) is 0 Å². The number of aryl methyl sites for hydroxylation is 1. The van der Waals surface area contributed by atoms with Gasteiger partial charge in [0.05, 0.1) is 6.10 Å². The van der Waals surface area contributed by atoms with Gasteiger partial charge in [0.25, 0.3) is 0 Å². The van der Waals surface area contributed by atoms with Gasteiger partial charge in [0.2, 0.25) is 0 Å². The molecule has 0 saturated heterocycles. The van der Waals surface area contributed by atoms with Crippen molar-refractivity contribution in [2.24, 2.45) is 0 Å². The minimum absolute atomic E-state index is 0.209. The van der Waals surface area contributed by atoms with E-state index in [9.17, 15) is 0 Å². The Hall–Kier alpha value is -0.820. The number of ether oxygens (including phenoxy) is 1. The molecule has 66 valence electrons. The molecule has 1 unspecified atom stereocenters. The quantitative estimate of drug-likeness (QED) is 0.667. The van der Waals surface area contributed by atoms with E-state index in [2.05, 4.69) is 38.1 Å². The summed E-state index contributed by atoms with van der Waals surface area (Å²) in [4.78, 5) is 0. The lowest BCUT2D eigenvalue weighted by Gasteiger charge is -2.13. The number of hydrogen-bond donors (Lipinski definition) is 0. The van der Waals surface area contributed by atoms with E-state index >= 15 is 0 Å². The van der Waals surface area contributed by atoms with E-state index in [-0.39, 0.29) is 6.10 Å². The number of benzene rings is 1. The van der Waals surface area contributed by atoms with Crippen LogP contribution in [-0.4, -0.2) is 7.11 Å². The van der Waals surface area contributed by atoms with Crippen LogP contribution in [0, 0.1) is 0 Å². The van der Waals surface area contributed by atoms with Crippen LogP contribution >= 0.6 is 0 Å². The monoisotopic (exact) mass is 164 g/mol. The molecule has 1 aromatic rings. The van der Waals surface area contributed by atoms with Crippen LogP contribution in [0.15, 0.2) is 24.3 Å². The van der Waals surface area contributed by atoms with E-state index in [1.165, 1.54) is 11.1 Å². The van der Waals surface area contributed by atoms with Crippen LogP contribution in [0.5, 0.6) is 0 Å². The number of hydrogen-bond acceptors (Lipinski definition) is 1. The van der Waals surface area contributed by atoms with Crippen molar-refractivity contribution in [2.75, 3.05) is 7.11 Å². The summed E-state index contributed by atoms with van der Waals surface area (Å²) in [5, 5.41) is 0. The Morgan fingerprint density at radius 1 is 1.33 bits per heavy atom. The molecular weight excluding hydrogens is 148 g/mol. The molecule has 0 N–H and O–H groups in total. The topological polar surface area (TPSA) is 9.23 Å². The molecule has 0 saturated carbocycles. The Labute approximate surface area is 74.4 Å². The van der Waals surface area contributed by atoms with E-state index in [0.717, 1.165) is 6.42 Å². The van der Waals surface area contributed by atoms with Gasteiger partial charge in [-0.05, 0) is 24.5 Å². The van der Waals surface area contributed by atoms with Crippen LogP contribution in [0.2, 0.25) is 0 Å². The van der Waals surface area contributed by atoms with Crippen molar-refractivity contribution in [2.45, 2.75) is 26.4 Å². The molecule has 1 heteroatoms. The standard InChI is InChI=1S/C11H16O/c1-4-10-7-5-6-8-11(10)9(2)12-3/h5-9H,4H2,1-3H3. The van der Waals surface area contributed by atoms with Gasteiger partial charge in [-0.3, -0.25) is 0 Å². The molecule has 0 fully saturated rings. The van der Waals surface area contributed by atoms with E-state index in [1.807, 2.05) is 0 Å². The fraction of sp³-hybridized carbons (Fsp3) is 0.455. The summed E-state index contributed by atoms with van der Waals surface area (Å²) in [5.74, 6) is 0. The molecule has 0 heterocycles. The summed E-state index contributed by atoms with van der Waals surface area (Å²) in [6.45, 7) is 4.25. The Balaban J connectivity index is 2.96. The van der Waals surface area contributed by atoms with Gasteiger partial charge in [-0.1, -0.05) is 31.2 Å². The third kappa shape index (κ3) is 1.86. The van der Waals surface area contributed by atoms with E-state index in [0.29, 0.717) is 0 Å². The summed E-state index contributed by atoms with van der Waals surface area (Å²) < 4.78 is 5.28. The van der Waals surface area contributed by atoms with Gasteiger partial charge in [0, 0.05) is 7.11 Å². The fourth-order valence-corrected chi connectivity index (χ4v) is 1.38. The Morgan fingerprint density at radius 3 is 2.58 bits per heavy atom. The van der Waals surface area contributed by atoms with Gasteiger partial charge >= 0.3 is 0 Å². The molecule has 0 bridgehead atoms. The van der Waals surface area contributed by atoms with Crippen molar-refractivity contribution in [3.8, 4) is 0 Å². The van der Waals surface area contributed by atoms with Gasteiger partial charge < -0.3 is 4.74 Å². The highest BCUT2D eigenvalue weighted by Gasteiger charge is 2.06. The normalized spacial score (nSPS) is 12.9. The molecule has 0 amide bonds. The van der Waals surface area contributed by atoms with Crippen molar-refractivity contribution < 1.29 is 4.74 Å². The highest BCUT2D eigenvalue weighted by molar-refractivity contribution is 5.28. The van der Waals surface area contributed by atoms with Crippen LogP contribution in [0.3, 0.4) is 0 Å². The second-order valence-corrected chi connectivity index (χ2v) is 2.93. The summed E-state index contributed by atoms with van der Waals surface area (Å²) >= 11 is 0. The molecule has 0 radical (unpaired) electrons. The van der Waals surface area contributed by atoms with Crippen LogP contribution in [-0.2, 0) is 11.2 Å². The van der Waals surface area contributed by atoms with Gasteiger partial charge in [0.15, 0.2) is 0 Å². The summed E-state index contributed by atoms with van der Waals surface area (Å²) in [5.41, 5.74) is 2.69. The Kier molecular flexibility index (Phi) is 3.30. The van der Waals surface area contributed by atoms with Gasteiger partial charge in [-0.15, -0.1) is 0 Å². The third-order valence-corrected chi connectivity index (χ3v) is 2.23. The van der Waals surface area contributed by atoms with Gasteiger partial charge in [0.1, 0.15) is 0 Å². The van der Waals surface area contributed by atoms with Crippen molar-refractivity contribution in [3.05, 3.63) is 35.4 Å². The minimum atomic E-state index is 0.209. The predicted octanol–water partition coefficient (Wildman–Crippen LogP) is 2.96. The molecule has 1 rings (SSSR count). The molecule has 1 aromatic carbocycles. The summed E-state index contributed by atoms with van der Waals surface area (Å²) in [7, 11) is 1.75. The fourth-order valence-electron chi connectivity index (χ4n) is 1.38. The lowest BCUT2D eigenvalue weighted by molar-refractivity contribution is 0.119. The smallest absolute Gasteiger partial charge is 0.0795 e. The first-order chi connectivity index (χ1) is 5.79. The molecule has 0 aliphatic carbocycles. The van der Waals surface area contributed by atoms with Crippen molar-refractivity contribution >= 4 is 0 Å². The van der Waals surface area contributed by atoms with Crippen LogP contribution in [0.25, 0.3) is 0 Å². The maximum absolute atomic E-state index is 5.28. The zero-order valence-electron chi connectivity index (χ0n) is 8.00. The Morgan fingerprint density at radius 2 is 2.00 bits per heavy atom. The number of rotatable bonds is 3.